The maximum atomic E-state index is 13.2. The number of aromatic nitrogens is 2. The number of esters is 1. The zero-order valence-electron chi connectivity index (χ0n) is 17.7. The minimum Gasteiger partial charge on any atom is -0.456 e. The van der Waals surface area contributed by atoms with E-state index in [4.69, 9.17) is 16.4 Å². The molecule has 2 fully saturated rings. The lowest BCUT2D eigenvalue weighted by Gasteiger charge is -2.38. The summed E-state index contributed by atoms with van der Waals surface area (Å²) in [4.78, 5) is 37.7. The normalized spacial score (nSPS) is 21.5. The Morgan fingerprint density at radius 2 is 1.97 bits per heavy atom. The first kappa shape index (κ1) is 21.2. The van der Waals surface area contributed by atoms with Crippen molar-refractivity contribution in [1.29, 1.82) is 0 Å². The first-order valence-corrected chi connectivity index (χ1v) is 10.4. The number of piperidine rings is 1. The van der Waals surface area contributed by atoms with Crippen molar-refractivity contribution in [2.24, 2.45) is 22.2 Å². The van der Waals surface area contributed by atoms with Gasteiger partial charge in [-0.25, -0.2) is 20.6 Å². The van der Waals surface area contributed by atoms with Crippen LogP contribution in [-0.2, 0) is 20.7 Å². The Hall–Kier alpha value is -3.05. The lowest BCUT2D eigenvalue weighted by Crippen LogP contribution is -2.45. The molecule has 0 aromatic carbocycles. The average Bonchev–Trinajstić information content (AvgIpc) is 3.27. The summed E-state index contributed by atoms with van der Waals surface area (Å²) in [5, 5.41) is 4.55. The van der Waals surface area contributed by atoms with Crippen LogP contribution in [0.5, 0.6) is 0 Å². The molecular formula is C20H28N8O3. The van der Waals surface area contributed by atoms with Crippen molar-refractivity contribution < 1.29 is 14.3 Å². The second kappa shape index (κ2) is 8.60. The van der Waals surface area contributed by atoms with Crippen LogP contribution in [0.2, 0.25) is 0 Å². The fraction of sp³-hybridized carbons (Fsp3) is 0.550. The summed E-state index contributed by atoms with van der Waals surface area (Å²) >= 11 is 0. The number of hydrogen-bond acceptors (Lipinski definition) is 9. The quantitative estimate of drug-likeness (QED) is 0.206. The number of hydrazone groups is 1. The van der Waals surface area contributed by atoms with E-state index in [0.717, 1.165) is 56.7 Å². The summed E-state index contributed by atoms with van der Waals surface area (Å²) in [6.07, 6.45) is 7.80. The third-order valence-electron chi connectivity index (χ3n) is 6.56. The van der Waals surface area contributed by atoms with Crippen LogP contribution in [0.25, 0.3) is 0 Å². The van der Waals surface area contributed by atoms with Gasteiger partial charge in [0.2, 0.25) is 5.91 Å². The molecule has 3 aliphatic heterocycles. The van der Waals surface area contributed by atoms with E-state index in [1.54, 1.807) is 24.2 Å². The number of nitrogens with zero attached hydrogens (tertiary/aromatic N) is 6. The molecule has 1 aromatic rings. The van der Waals surface area contributed by atoms with Crippen LogP contribution in [0.1, 0.15) is 31.9 Å². The van der Waals surface area contributed by atoms with Crippen molar-refractivity contribution in [3.05, 3.63) is 29.4 Å². The molecule has 166 valence electrons. The van der Waals surface area contributed by atoms with Crippen LogP contribution in [0.4, 0.5) is 5.82 Å². The van der Waals surface area contributed by atoms with Gasteiger partial charge in [0.15, 0.2) is 5.82 Å². The molecule has 2 saturated heterocycles. The van der Waals surface area contributed by atoms with Gasteiger partial charge in [0, 0.05) is 19.5 Å². The zero-order chi connectivity index (χ0) is 22.0. The molecule has 11 heteroatoms. The number of ether oxygens (including phenoxy) is 1. The van der Waals surface area contributed by atoms with Crippen LogP contribution < -0.4 is 16.7 Å². The molecule has 0 bridgehead atoms. The third-order valence-corrected chi connectivity index (χ3v) is 6.56. The molecule has 4 N–H and O–H groups in total. The van der Waals surface area contributed by atoms with E-state index >= 15 is 0 Å². The second-order valence-electron chi connectivity index (χ2n) is 8.26. The Bertz CT molecular complexity index is 906. The number of anilines is 1. The highest BCUT2D eigenvalue weighted by Crippen LogP contribution is 2.43. The molecular weight excluding hydrogens is 400 g/mol. The van der Waals surface area contributed by atoms with Gasteiger partial charge in [-0.2, -0.15) is 5.10 Å². The van der Waals surface area contributed by atoms with Crippen molar-refractivity contribution in [2.75, 3.05) is 37.8 Å². The van der Waals surface area contributed by atoms with E-state index in [9.17, 15) is 9.59 Å². The lowest BCUT2D eigenvalue weighted by molar-refractivity contribution is -0.138. The molecule has 0 radical (unpaired) electrons. The number of carbonyl (C=O) groups excluding carboxylic acids is 2. The topological polar surface area (TPSA) is 143 Å². The summed E-state index contributed by atoms with van der Waals surface area (Å²) in [5.41, 5.74) is 1.86. The highest BCUT2D eigenvalue weighted by Gasteiger charge is 2.49. The summed E-state index contributed by atoms with van der Waals surface area (Å²) < 4.78 is 5.09. The minimum absolute atomic E-state index is 0.147. The Labute approximate surface area is 180 Å². The monoisotopic (exact) mass is 428 g/mol. The molecule has 3 aliphatic rings. The summed E-state index contributed by atoms with van der Waals surface area (Å²) in [6, 6.07) is 0. The SMILES string of the molecule is CC1=C(N2CCC3(CCN(CCc4cnc(N(N)/C=N\N)cn4)CC3)C2=O)COC1=O. The Kier molecular flexibility index (Phi) is 5.88. The van der Waals surface area contributed by atoms with Crippen LogP contribution >= 0.6 is 0 Å². The molecule has 1 aromatic heterocycles. The van der Waals surface area contributed by atoms with Crippen molar-refractivity contribution in [3.63, 3.8) is 0 Å². The Morgan fingerprint density at radius 1 is 1.23 bits per heavy atom. The molecule has 4 rings (SSSR count). The summed E-state index contributed by atoms with van der Waals surface area (Å²) in [7, 11) is 0. The Balaban J connectivity index is 1.29. The molecule has 0 aliphatic carbocycles. The maximum absolute atomic E-state index is 13.2. The predicted molar refractivity (Wildman–Crippen MR) is 113 cm³/mol. The number of carbonyl (C=O) groups is 2. The highest BCUT2D eigenvalue weighted by atomic mass is 16.5. The van der Waals surface area contributed by atoms with E-state index in [2.05, 4.69) is 20.0 Å². The van der Waals surface area contributed by atoms with Gasteiger partial charge in [-0.05, 0) is 39.3 Å². The van der Waals surface area contributed by atoms with Crippen molar-refractivity contribution in [1.82, 2.24) is 19.8 Å². The molecule has 11 nitrogen and oxygen atoms in total. The smallest absolute Gasteiger partial charge is 0.336 e. The molecule has 1 spiro atoms. The lowest BCUT2D eigenvalue weighted by atomic mass is 9.77. The van der Waals surface area contributed by atoms with E-state index in [1.165, 1.54) is 11.3 Å². The molecule has 4 heterocycles. The number of nitrogens with two attached hydrogens (primary N) is 2. The first-order valence-electron chi connectivity index (χ1n) is 10.4. The number of hydrogen-bond donors (Lipinski definition) is 2. The number of amides is 1. The van der Waals surface area contributed by atoms with Gasteiger partial charge in [-0.1, -0.05) is 0 Å². The summed E-state index contributed by atoms with van der Waals surface area (Å²) in [5.74, 6) is 11.1. The van der Waals surface area contributed by atoms with Gasteiger partial charge in [-0.3, -0.25) is 9.78 Å². The first-order chi connectivity index (χ1) is 14.9. The van der Waals surface area contributed by atoms with Crippen LogP contribution in [-0.4, -0.2) is 70.8 Å². The molecule has 0 saturated carbocycles. The van der Waals surface area contributed by atoms with Crippen LogP contribution in [0.3, 0.4) is 0 Å². The Morgan fingerprint density at radius 3 is 2.58 bits per heavy atom. The minimum atomic E-state index is -0.318. The third kappa shape index (κ3) is 4.10. The van der Waals surface area contributed by atoms with E-state index in [-0.39, 0.29) is 23.9 Å². The maximum Gasteiger partial charge on any atom is 0.336 e. The van der Waals surface area contributed by atoms with Gasteiger partial charge in [0.25, 0.3) is 0 Å². The standard InChI is InChI=1S/C20H28N8O3/c1-14-16(12-31-18(14)29)27-9-5-20(19(27)30)3-7-26(8-4-20)6-2-15-10-24-17(11-23-15)28(22)13-25-21/h10-11,13H,2-9,12,21-22H2,1H3/b25-13-. The fourth-order valence-electron chi connectivity index (χ4n) is 4.51. The van der Waals surface area contributed by atoms with Crippen molar-refractivity contribution in [2.45, 2.75) is 32.6 Å². The number of cyclic esters (lactones) is 1. The zero-order valence-corrected chi connectivity index (χ0v) is 17.7. The van der Waals surface area contributed by atoms with Crippen molar-refractivity contribution >= 4 is 24.0 Å². The average molecular weight is 428 g/mol. The summed E-state index contributed by atoms with van der Waals surface area (Å²) in [6.45, 7) is 5.18. The van der Waals surface area contributed by atoms with E-state index < -0.39 is 0 Å². The van der Waals surface area contributed by atoms with Crippen LogP contribution in [0.15, 0.2) is 28.8 Å². The fourth-order valence-corrected chi connectivity index (χ4v) is 4.51. The number of rotatable bonds is 6. The van der Waals surface area contributed by atoms with E-state index in [0.29, 0.717) is 17.9 Å². The molecule has 31 heavy (non-hydrogen) atoms. The highest BCUT2D eigenvalue weighted by molar-refractivity contribution is 5.94. The largest absolute Gasteiger partial charge is 0.456 e. The van der Waals surface area contributed by atoms with Crippen LogP contribution in [0, 0.1) is 5.41 Å². The van der Waals surface area contributed by atoms with Crippen molar-refractivity contribution in [3.8, 4) is 0 Å². The molecule has 0 atom stereocenters. The molecule has 0 unspecified atom stereocenters. The predicted octanol–water partition coefficient (Wildman–Crippen LogP) is -0.253. The van der Waals surface area contributed by atoms with Gasteiger partial charge < -0.3 is 20.4 Å². The van der Waals surface area contributed by atoms with Gasteiger partial charge in [-0.15, -0.1) is 0 Å². The molecule has 1 amide bonds. The van der Waals surface area contributed by atoms with Gasteiger partial charge in [0.05, 0.1) is 34.8 Å². The number of likely N-dealkylation sites (tertiary alicyclic amines) is 2. The number of hydrazine groups is 1. The van der Waals surface area contributed by atoms with E-state index in [1.807, 2.05) is 0 Å². The van der Waals surface area contributed by atoms with Gasteiger partial charge >= 0.3 is 5.97 Å². The second-order valence-corrected chi connectivity index (χ2v) is 8.26. The van der Waals surface area contributed by atoms with Gasteiger partial charge in [0.1, 0.15) is 12.9 Å².